The van der Waals surface area contributed by atoms with Crippen molar-refractivity contribution in [3.05, 3.63) is 59.7 Å². The maximum atomic E-state index is 5.23. The minimum absolute atomic E-state index is 0.933. The summed E-state index contributed by atoms with van der Waals surface area (Å²) in [6.45, 7) is 7.16. The number of benzene rings is 2. The zero-order valence-electron chi connectivity index (χ0n) is 14.7. The molecule has 2 N–H and O–H groups in total. The van der Waals surface area contributed by atoms with Crippen LogP contribution in [-0.2, 0) is 13.1 Å². The van der Waals surface area contributed by atoms with Gasteiger partial charge in [-0.05, 0) is 48.5 Å². The second-order valence-electron chi connectivity index (χ2n) is 6.55. The quantitative estimate of drug-likeness (QED) is 0.792. The van der Waals surface area contributed by atoms with Crippen molar-refractivity contribution in [3.63, 3.8) is 0 Å². The summed E-state index contributed by atoms with van der Waals surface area (Å²) in [7, 11) is 3.43. The van der Waals surface area contributed by atoms with Crippen LogP contribution in [0.3, 0.4) is 0 Å². The predicted molar refractivity (Wildman–Crippen MR) is 94.8 cm³/mol. The largest absolute Gasteiger partial charge is 0.497 e. The molecule has 0 amide bonds. The van der Waals surface area contributed by atoms with Crippen LogP contribution in [0.4, 0.5) is 0 Å². The van der Waals surface area contributed by atoms with Crippen LogP contribution in [0.5, 0.6) is 11.5 Å². The minimum atomic E-state index is 0.933. The van der Waals surface area contributed by atoms with Crippen LogP contribution in [0.2, 0.25) is 0 Å². The van der Waals surface area contributed by atoms with Gasteiger partial charge in [0, 0.05) is 11.1 Å². The van der Waals surface area contributed by atoms with Gasteiger partial charge in [-0.2, -0.15) is 0 Å². The van der Waals surface area contributed by atoms with E-state index in [0.717, 1.165) is 24.6 Å². The van der Waals surface area contributed by atoms with Gasteiger partial charge in [-0.1, -0.05) is 0 Å². The first kappa shape index (κ1) is 16.8. The van der Waals surface area contributed by atoms with E-state index in [2.05, 4.69) is 48.5 Å². The molecule has 0 unspecified atom stereocenters. The highest BCUT2D eigenvalue weighted by Gasteiger charge is 2.23. The SMILES string of the molecule is COc1ccc(C[NH+]2CC[NH+](Cc3ccc(OC)cc3)CC2)cc1. The summed E-state index contributed by atoms with van der Waals surface area (Å²) in [6.07, 6.45) is 0. The molecule has 2 aromatic carbocycles. The first-order chi connectivity index (χ1) is 11.8. The maximum absolute atomic E-state index is 5.23. The van der Waals surface area contributed by atoms with E-state index in [1.165, 1.54) is 37.3 Å². The molecule has 0 bridgehead atoms. The maximum Gasteiger partial charge on any atom is 0.127 e. The van der Waals surface area contributed by atoms with Gasteiger partial charge in [-0.25, -0.2) is 0 Å². The first-order valence-corrected chi connectivity index (χ1v) is 8.70. The fourth-order valence-electron chi connectivity index (χ4n) is 3.37. The third-order valence-corrected chi connectivity index (χ3v) is 4.89. The van der Waals surface area contributed by atoms with Crippen LogP contribution in [-0.4, -0.2) is 40.4 Å². The van der Waals surface area contributed by atoms with E-state index in [9.17, 15) is 0 Å². The van der Waals surface area contributed by atoms with Gasteiger partial charge in [0.2, 0.25) is 0 Å². The van der Waals surface area contributed by atoms with Gasteiger partial charge in [0.15, 0.2) is 0 Å². The number of piperazine rings is 1. The van der Waals surface area contributed by atoms with Crippen LogP contribution >= 0.6 is 0 Å². The average molecular weight is 328 g/mol. The first-order valence-electron chi connectivity index (χ1n) is 8.70. The molecule has 2 aromatic rings. The molecular weight excluding hydrogens is 300 g/mol. The summed E-state index contributed by atoms with van der Waals surface area (Å²) in [6, 6.07) is 17.0. The topological polar surface area (TPSA) is 27.3 Å². The van der Waals surface area contributed by atoms with Crippen LogP contribution in [0.1, 0.15) is 11.1 Å². The lowest BCUT2D eigenvalue weighted by atomic mass is 10.1. The van der Waals surface area contributed by atoms with Crippen molar-refractivity contribution in [1.29, 1.82) is 0 Å². The van der Waals surface area contributed by atoms with Crippen LogP contribution < -0.4 is 19.3 Å². The van der Waals surface area contributed by atoms with Gasteiger partial charge in [0.05, 0.1) is 14.2 Å². The van der Waals surface area contributed by atoms with E-state index in [4.69, 9.17) is 9.47 Å². The fourth-order valence-corrected chi connectivity index (χ4v) is 3.37. The third-order valence-electron chi connectivity index (χ3n) is 4.89. The Hall–Kier alpha value is -2.04. The highest BCUT2D eigenvalue weighted by atomic mass is 16.5. The summed E-state index contributed by atoms with van der Waals surface area (Å²) >= 11 is 0. The number of rotatable bonds is 6. The summed E-state index contributed by atoms with van der Waals surface area (Å²) in [5.41, 5.74) is 2.79. The Morgan fingerprint density at radius 2 is 0.958 bits per heavy atom. The minimum Gasteiger partial charge on any atom is -0.497 e. The van der Waals surface area contributed by atoms with Crippen LogP contribution in [0, 0.1) is 0 Å². The summed E-state index contributed by atoms with van der Waals surface area (Å²) < 4.78 is 10.5. The van der Waals surface area contributed by atoms with E-state index in [1.807, 2.05) is 0 Å². The molecule has 0 aromatic heterocycles. The number of ether oxygens (including phenoxy) is 2. The van der Waals surface area contributed by atoms with Crippen molar-refractivity contribution in [1.82, 2.24) is 0 Å². The van der Waals surface area contributed by atoms with Gasteiger partial charge in [0.25, 0.3) is 0 Å². The molecule has 0 radical (unpaired) electrons. The molecule has 1 aliphatic rings. The van der Waals surface area contributed by atoms with E-state index in [1.54, 1.807) is 24.0 Å². The molecule has 0 saturated carbocycles. The molecule has 1 heterocycles. The van der Waals surface area contributed by atoms with Crippen molar-refractivity contribution < 1.29 is 19.3 Å². The second kappa shape index (κ2) is 8.18. The number of nitrogens with one attached hydrogen (secondary N) is 2. The standard InChI is InChI=1S/C20H26N2O2/c1-23-19-7-3-17(4-8-19)15-21-11-13-22(14-12-21)16-18-5-9-20(24-2)10-6-18/h3-10H,11-16H2,1-2H3/p+2. The lowest BCUT2D eigenvalue weighted by molar-refractivity contribution is -1.02. The molecule has 3 rings (SSSR count). The molecule has 0 aliphatic carbocycles. The molecule has 0 atom stereocenters. The third kappa shape index (κ3) is 4.49. The Balaban J connectivity index is 1.46. The normalized spacial score (nSPS) is 20.6. The van der Waals surface area contributed by atoms with Crippen molar-refractivity contribution in [3.8, 4) is 11.5 Å². The molecule has 1 aliphatic heterocycles. The molecule has 0 spiro atoms. The van der Waals surface area contributed by atoms with Crippen LogP contribution in [0.15, 0.2) is 48.5 Å². The van der Waals surface area contributed by atoms with E-state index >= 15 is 0 Å². The van der Waals surface area contributed by atoms with Crippen molar-refractivity contribution in [2.24, 2.45) is 0 Å². The Kier molecular flexibility index (Phi) is 5.72. The molecule has 1 fully saturated rings. The highest BCUT2D eigenvalue weighted by molar-refractivity contribution is 5.27. The van der Waals surface area contributed by atoms with Gasteiger partial charge >= 0.3 is 0 Å². The molecule has 24 heavy (non-hydrogen) atoms. The summed E-state index contributed by atoms with van der Waals surface area (Å²) in [5.74, 6) is 1.87. The van der Waals surface area contributed by atoms with E-state index < -0.39 is 0 Å². The summed E-state index contributed by atoms with van der Waals surface area (Å²) in [5, 5.41) is 0. The fraction of sp³-hybridized carbons (Fsp3) is 0.400. The van der Waals surface area contributed by atoms with E-state index in [-0.39, 0.29) is 0 Å². The monoisotopic (exact) mass is 328 g/mol. The van der Waals surface area contributed by atoms with Crippen molar-refractivity contribution in [2.45, 2.75) is 13.1 Å². The second-order valence-corrected chi connectivity index (χ2v) is 6.55. The van der Waals surface area contributed by atoms with Gasteiger partial charge in [-0.3, -0.25) is 0 Å². The molecule has 4 heteroatoms. The Morgan fingerprint density at radius 3 is 1.25 bits per heavy atom. The number of quaternary nitrogens is 2. The highest BCUT2D eigenvalue weighted by Crippen LogP contribution is 2.11. The summed E-state index contributed by atoms with van der Waals surface area (Å²) in [4.78, 5) is 3.36. The lowest BCUT2D eigenvalue weighted by Gasteiger charge is -2.29. The number of hydrogen-bond acceptors (Lipinski definition) is 2. The zero-order chi connectivity index (χ0) is 16.8. The van der Waals surface area contributed by atoms with E-state index in [0.29, 0.717) is 0 Å². The zero-order valence-corrected chi connectivity index (χ0v) is 14.7. The van der Waals surface area contributed by atoms with Gasteiger partial charge in [-0.15, -0.1) is 0 Å². The van der Waals surface area contributed by atoms with Crippen molar-refractivity contribution >= 4 is 0 Å². The lowest BCUT2D eigenvalue weighted by Crippen LogP contribution is -3.27. The molecule has 4 nitrogen and oxygen atoms in total. The van der Waals surface area contributed by atoms with Crippen LogP contribution in [0.25, 0.3) is 0 Å². The average Bonchev–Trinajstić information content (AvgIpc) is 2.65. The molecular formula is C20H28N2O2+2. The van der Waals surface area contributed by atoms with Crippen molar-refractivity contribution in [2.75, 3.05) is 40.4 Å². The Bertz CT molecular complexity index is 560. The smallest absolute Gasteiger partial charge is 0.127 e. The Morgan fingerprint density at radius 1 is 0.625 bits per heavy atom. The van der Waals surface area contributed by atoms with Gasteiger partial charge in [0.1, 0.15) is 50.8 Å². The molecule has 1 saturated heterocycles. The van der Waals surface area contributed by atoms with Gasteiger partial charge < -0.3 is 19.3 Å². The Labute approximate surface area is 144 Å². The predicted octanol–water partition coefficient (Wildman–Crippen LogP) is 0.187. The number of hydrogen-bond donors (Lipinski definition) is 2. The molecule has 128 valence electrons. The number of methoxy groups -OCH3 is 2.